The summed E-state index contributed by atoms with van der Waals surface area (Å²) in [6.45, 7) is 7.88. The van der Waals surface area contributed by atoms with Crippen molar-refractivity contribution in [2.75, 3.05) is 12.3 Å². The van der Waals surface area contributed by atoms with E-state index in [1.807, 2.05) is 39.0 Å². The number of aryl methyl sites for hydroxylation is 2. The predicted molar refractivity (Wildman–Crippen MR) is 114 cm³/mol. The molecule has 1 aromatic carbocycles. The van der Waals surface area contributed by atoms with Crippen molar-refractivity contribution in [1.29, 1.82) is 0 Å². The first-order valence-electron chi connectivity index (χ1n) is 9.32. The summed E-state index contributed by atoms with van der Waals surface area (Å²) < 4.78 is 8.25. The standard InChI is InChI=1S/C22H24N4O3/c1-5-29-22(28)17-6-8-19(9-7-17)25-15(3)12-18(16(25)4)13-24-26-20(23)10-14(2)11-21(26)27/h6-13H,5,23H2,1-4H3/b24-13-. The van der Waals surface area contributed by atoms with Gasteiger partial charge in [-0.25, -0.2) is 4.79 Å². The fraction of sp³-hybridized carbons (Fsp3) is 0.227. The average molecular weight is 392 g/mol. The summed E-state index contributed by atoms with van der Waals surface area (Å²) in [4.78, 5) is 24.0. The molecular formula is C22H24N4O3. The van der Waals surface area contributed by atoms with E-state index in [1.54, 1.807) is 31.3 Å². The second-order valence-corrected chi connectivity index (χ2v) is 6.78. The van der Waals surface area contributed by atoms with Crippen LogP contribution in [-0.4, -0.2) is 28.0 Å². The summed E-state index contributed by atoms with van der Waals surface area (Å²) in [5, 5.41) is 4.26. The van der Waals surface area contributed by atoms with Crippen LogP contribution in [0.3, 0.4) is 0 Å². The van der Waals surface area contributed by atoms with Gasteiger partial charge in [0, 0.05) is 28.7 Å². The van der Waals surface area contributed by atoms with Gasteiger partial charge in [-0.1, -0.05) is 0 Å². The SMILES string of the molecule is CCOC(=O)c1ccc(-n2c(C)cc(/C=N\n3c(N)cc(C)cc3=O)c2C)cc1. The molecule has 2 N–H and O–H groups in total. The number of nitrogen functional groups attached to an aromatic ring is 1. The number of hydrogen-bond acceptors (Lipinski definition) is 5. The summed E-state index contributed by atoms with van der Waals surface area (Å²) in [7, 11) is 0. The molecule has 0 saturated carbocycles. The van der Waals surface area contributed by atoms with Crippen molar-refractivity contribution in [3.05, 3.63) is 80.9 Å². The van der Waals surface area contributed by atoms with E-state index in [1.165, 1.54) is 10.7 Å². The molecule has 2 aromatic heterocycles. The lowest BCUT2D eigenvalue weighted by molar-refractivity contribution is 0.0526. The topological polar surface area (TPSA) is 91.6 Å². The molecule has 0 aliphatic rings. The van der Waals surface area contributed by atoms with E-state index in [2.05, 4.69) is 9.67 Å². The van der Waals surface area contributed by atoms with Gasteiger partial charge in [0.15, 0.2) is 0 Å². The molecule has 2 heterocycles. The Hall–Kier alpha value is -3.61. The average Bonchev–Trinajstić information content (AvgIpc) is 2.94. The van der Waals surface area contributed by atoms with Crippen molar-refractivity contribution in [2.45, 2.75) is 27.7 Å². The molecule has 7 heteroatoms. The van der Waals surface area contributed by atoms with Crippen LogP contribution in [0.25, 0.3) is 5.69 Å². The molecule has 0 aliphatic heterocycles. The number of carbonyl (C=O) groups excluding carboxylic acids is 1. The molecule has 29 heavy (non-hydrogen) atoms. The fourth-order valence-corrected chi connectivity index (χ4v) is 3.24. The maximum absolute atomic E-state index is 12.1. The van der Waals surface area contributed by atoms with Crippen molar-refractivity contribution in [1.82, 2.24) is 9.24 Å². The highest BCUT2D eigenvalue weighted by molar-refractivity contribution is 5.89. The molecule has 0 amide bonds. The summed E-state index contributed by atoms with van der Waals surface area (Å²) in [6, 6.07) is 12.4. The van der Waals surface area contributed by atoms with Gasteiger partial charge in [-0.15, -0.1) is 0 Å². The van der Waals surface area contributed by atoms with Gasteiger partial charge in [-0.2, -0.15) is 9.78 Å². The lowest BCUT2D eigenvalue weighted by Crippen LogP contribution is -2.19. The molecule has 150 valence electrons. The number of nitrogens with zero attached hydrogens (tertiary/aromatic N) is 3. The Morgan fingerprint density at radius 1 is 1.14 bits per heavy atom. The van der Waals surface area contributed by atoms with Gasteiger partial charge >= 0.3 is 5.97 Å². The second-order valence-electron chi connectivity index (χ2n) is 6.78. The molecule has 0 atom stereocenters. The Kier molecular flexibility index (Phi) is 5.68. The Bertz CT molecular complexity index is 1140. The van der Waals surface area contributed by atoms with Crippen LogP contribution < -0.4 is 11.3 Å². The van der Waals surface area contributed by atoms with Gasteiger partial charge in [0.25, 0.3) is 5.56 Å². The summed E-state index contributed by atoms with van der Waals surface area (Å²) in [5.74, 6) is -0.0523. The van der Waals surface area contributed by atoms with E-state index in [0.717, 1.165) is 28.2 Å². The van der Waals surface area contributed by atoms with Crippen LogP contribution in [0.4, 0.5) is 5.82 Å². The summed E-state index contributed by atoms with van der Waals surface area (Å²) >= 11 is 0. The molecule has 0 fully saturated rings. The van der Waals surface area contributed by atoms with Crippen LogP contribution in [-0.2, 0) is 4.74 Å². The third kappa shape index (κ3) is 4.13. The molecule has 3 rings (SSSR count). The summed E-state index contributed by atoms with van der Waals surface area (Å²) in [5.41, 5.74) is 10.7. The second kappa shape index (κ2) is 8.18. The predicted octanol–water partition coefficient (Wildman–Crippen LogP) is 3.21. The zero-order valence-corrected chi connectivity index (χ0v) is 17.0. The third-order valence-corrected chi connectivity index (χ3v) is 4.60. The van der Waals surface area contributed by atoms with Gasteiger partial charge < -0.3 is 15.0 Å². The van der Waals surface area contributed by atoms with E-state index in [9.17, 15) is 9.59 Å². The number of esters is 1. The van der Waals surface area contributed by atoms with E-state index < -0.39 is 0 Å². The minimum atomic E-state index is -0.339. The third-order valence-electron chi connectivity index (χ3n) is 4.60. The Labute approximate surface area is 169 Å². The quantitative estimate of drug-likeness (QED) is 0.533. The smallest absolute Gasteiger partial charge is 0.338 e. The van der Waals surface area contributed by atoms with Crippen LogP contribution >= 0.6 is 0 Å². The molecular weight excluding hydrogens is 368 g/mol. The molecule has 0 unspecified atom stereocenters. The van der Waals surface area contributed by atoms with Gasteiger partial charge in [-0.3, -0.25) is 4.79 Å². The van der Waals surface area contributed by atoms with Crippen molar-refractivity contribution in [3.63, 3.8) is 0 Å². The molecule has 3 aromatic rings. The van der Waals surface area contributed by atoms with Crippen molar-refractivity contribution >= 4 is 18.0 Å². The van der Waals surface area contributed by atoms with Crippen molar-refractivity contribution in [2.24, 2.45) is 5.10 Å². The number of anilines is 1. The van der Waals surface area contributed by atoms with Crippen LogP contribution in [0.1, 0.15) is 39.8 Å². The lowest BCUT2D eigenvalue weighted by atomic mass is 10.2. The molecule has 0 radical (unpaired) electrons. The Morgan fingerprint density at radius 3 is 2.45 bits per heavy atom. The van der Waals surface area contributed by atoms with E-state index >= 15 is 0 Å². The van der Waals surface area contributed by atoms with Gasteiger partial charge in [0.05, 0.1) is 18.4 Å². The first-order valence-corrected chi connectivity index (χ1v) is 9.32. The van der Waals surface area contributed by atoms with Crippen LogP contribution in [0.2, 0.25) is 0 Å². The van der Waals surface area contributed by atoms with Crippen LogP contribution in [0.5, 0.6) is 0 Å². The van der Waals surface area contributed by atoms with Crippen molar-refractivity contribution < 1.29 is 9.53 Å². The van der Waals surface area contributed by atoms with E-state index in [-0.39, 0.29) is 17.3 Å². The molecule has 0 bridgehead atoms. The fourth-order valence-electron chi connectivity index (χ4n) is 3.24. The van der Waals surface area contributed by atoms with Crippen LogP contribution in [0, 0.1) is 20.8 Å². The van der Waals surface area contributed by atoms with Gasteiger partial charge in [-0.05, 0) is 69.7 Å². The van der Waals surface area contributed by atoms with Crippen LogP contribution in [0.15, 0.2) is 52.4 Å². The van der Waals surface area contributed by atoms with Gasteiger partial charge in [0.1, 0.15) is 5.82 Å². The highest BCUT2D eigenvalue weighted by Crippen LogP contribution is 2.20. The highest BCUT2D eigenvalue weighted by Gasteiger charge is 2.12. The summed E-state index contributed by atoms with van der Waals surface area (Å²) in [6.07, 6.45) is 1.62. The number of carbonyl (C=O) groups is 1. The van der Waals surface area contributed by atoms with E-state index in [0.29, 0.717) is 12.2 Å². The molecule has 0 spiro atoms. The maximum Gasteiger partial charge on any atom is 0.338 e. The Morgan fingerprint density at radius 2 is 1.83 bits per heavy atom. The number of aromatic nitrogens is 2. The first-order chi connectivity index (χ1) is 13.8. The minimum absolute atomic E-state index is 0.276. The monoisotopic (exact) mass is 392 g/mol. The Balaban J connectivity index is 1.93. The number of hydrogen-bond donors (Lipinski definition) is 1. The zero-order chi connectivity index (χ0) is 21.1. The molecule has 0 saturated heterocycles. The van der Waals surface area contributed by atoms with Gasteiger partial charge in [0.2, 0.25) is 0 Å². The molecule has 7 nitrogen and oxygen atoms in total. The number of nitrogens with two attached hydrogens (primary N) is 1. The normalized spacial score (nSPS) is 11.2. The number of ether oxygens (including phenoxy) is 1. The number of pyridine rings is 1. The molecule has 0 aliphatic carbocycles. The maximum atomic E-state index is 12.1. The van der Waals surface area contributed by atoms with Crippen molar-refractivity contribution in [3.8, 4) is 5.69 Å². The largest absolute Gasteiger partial charge is 0.462 e. The zero-order valence-electron chi connectivity index (χ0n) is 17.0. The number of benzene rings is 1. The number of rotatable bonds is 5. The minimum Gasteiger partial charge on any atom is -0.462 e. The first kappa shape index (κ1) is 20.1. The lowest BCUT2D eigenvalue weighted by Gasteiger charge is -2.10. The van der Waals surface area contributed by atoms with E-state index in [4.69, 9.17) is 10.5 Å². The highest BCUT2D eigenvalue weighted by atomic mass is 16.5.